The monoisotopic (exact) mass is 335 g/mol. The summed E-state index contributed by atoms with van der Waals surface area (Å²) in [5, 5.41) is 8.21. The Kier molecular flexibility index (Phi) is 6.03. The predicted molar refractivity (Wildman–Crippen MR) is 92.2 cm³/mol. The van der Waals surface area contributed by atoms with Gasteiger partial charge in [0.1, 0.15) is 5.60 Å². The van der Waals surface area contributed by atoms with Crippen molar-refractivity contribution in [2.45, 2.75) is 32.8 Å². The van der Waals surface area contributed by atoms with Crippen LogP contribution in [-0.2, 0) is 9.47 Å². The van der Waals surface area contributed by atoms with Gasteiger partial charge in [0, 0.05) is 30.4 Å². The number of amides is 3. The summed E-state index contributed by atoms with van der Waals surface area (Å²) < 4.78 is 10.4. The number of urea groups is 1. The molecule has 0 saturated carbocycles. The van der Waals surface area contributed by atoms with Crippen LogP contribution >= 0.6 is 0 Å². The van der Waals surface area contributed by atoms with Crippen molar-refractivity contribution in [3.63, 3.8) is 0 Å². The Bertz CT molecular complexity index is 560. The third-order valence-electron chi connectivity index (χ3n) is 3.36. The molecule has 1 aliphatic heterocycles. The SMILES string of the molecule is CC(C)(C)OC(=O)Nc1ccc(NC(=O)NCC2CCOC2)cc1. The second-order valence-electron chi connectivity index (χ2n) is 6.77. The maximum Gasteiger partial charge on any atom is 0.412 e. The van der Waals surface area contributed by atoms with Crippen molar-refractivity contribution in [1.82, 2.24) is 5.32 Å². The van der Waals surface area contributed by atoms with Crippen LogP contribution in [0.1, 0.15) is 27.2 Å². The van der Waals surface area contributed by atoms with Gasteiger partial charge in [-0.3, -0.25) is 5.32 Å². The number of anilines is 2. The molecule has 0 radical (unpaired) electrons. The topological polar surface area (TPSA) is 88.7 Å². The fourth-order valence-corrected chi connectivity index (χ4v) is 2.21. The van der Waals surface area contributed by atoms with Crippen LogP contribution in [-0.4, -0.2) is 37.5 Å². The lowest BCUT2D eigenvalue weighted by Gasteiger charge is -2.19. The minimum atomic E-state index is -0.548. The number of rotatable bonds is 4. The molecule has 0 bridgehead atoms. The zero-order valence-corrected chi connectivity index (χ0v) is 14.3. The fraction of sp³-hybridized carbons (Fsp3) is 0.529. The van der Waals surface area contributed by atoms with Crippen molar-refractivity contribution in [3.05, 3.63) is 24.3 Å². The van der Waals surface area contributed by atoms with Crippen LogP contribution in [0.3, 0.4) is 0 Å². The van der Waals surface area contributed by atoms with Crippen LogP contribution in [0.2, 0.25) is 0 Å². The number of hydrogen-bond acceptors (Lipinski definition) is 4. The minimum absolute atomic E-state index is 0.255. The molecule has 0 aliphatic carbocycles. The van der Waals surface area contributed by atoms with E-state index in [1.165, 1.54) is 0 Å². The van der Waals surface area contributed by atoms with E-state index in [1.54, 1.807) is 45.0 Å². The van der Waals surface area contributed by atoms with Crippen molar-refractivity contribution in [2.75, 3.05) is 30.4 Å². The number of carbonyl (C=O) groups excluding carboxylic acids is 2. The first-order valence-electron chi connectivity index (χ1n) is 8.04. The van der Waals surface area contributed by atoms with Crippen LogP contribution in [0.15, 0.2) is 24.3 Å². The smallest absolute Gasteiger partial charge is 0.412 e. The molecule has 1 saturated heterocycles. The maximum atomic E-state index is 11.8. The number of nitrogens with one attached hydrogen (secondary N) is 3. The number of carbonyl (C=O) groups is 2. The molecule has 0 aromatic heterocycles. The molecule has 2 rings (SSSR count). The summed E-state index contributed by atoms with van der Waals surface area (Å²) in [5.41, 5.74) is 0.692. The lowest BCUT2D eigenvalue weighted by atomic mass is 10.1. The van der Waals surface area contributed by atoms with Gasteiger partial charge in [-0.1, -0.05) is 0 Å². The van der Waals surface area contributed by atoms with E-state index in [2.05, 4.69) is 16.0 Å². The summed E-state index contributed by atoms with van der Waals surface area (Å²) in [6.07, 6.45) is 0.463. The van der Waals surface area contributed by atoms with Crippen LogP contribution in [0.4, 0.5) is 21.0 Å². The van der Waals surface area contributed by atoms with E-state index in [4.69, 9.17) is 9.47 Å². The van der Waals surface area contributed by atoms with Crippen molar-refractivity contribution < 1.29 is 19.1 Å². The molecule has 1 heterocycles. The summed E-state index contributed by atoms with van der Waals surface area (Å²) in [7, 11) is 0. The highest BCUT2D eigenvalue weighted by Gasteiger charge is 2.17. The van der Waals surface area contributed by atoms with Gasteiger partial charge in [-0.15, -0.1) is 0 Å². The average molecular weight is 335 g/mol. The van der Waals surface area contributed by atoms with E-state index in [0.29, 0.717) is 30.4 Å². The number of hydrogen-bond donors (Lipinski definition) is 3. The zero-order valence-electron chi connectivity index (χ0n) is 14.3. The average Bonchev–Trinajstić information content (AvgIpc) is 2.98. The van der Waals surface area contributed by atoms with Crippen LogP contribution in [0, 0.1) is 5.92 Å². The van der Waals surface area contributed by atoms with Gasteiger partial charge in [-0.25, -0.2) is 9.59 Å². The second-order valence-corrected chi connectivity index (χ2v) is 6.77. The summed E-state index contributed by atoms with van der Waals surface area (Å²) in [5.74, 6) is 0.385. The first kappa shape index (κ1) is 18.1. The zero-order chi connectivity index (χ0) is 17.6. The van der Waals surface area contributed by atoms with Crippen molar-refractivity contribution >= 4 is 23.5 Å². The van der Waals surface area contributed by atoms with Crippen molar-refractivity contribution in [1.29, 1.82) is 0 Å². The molecule has 1 atom stereocenters. The van der Waals surface area contributed by atoms with Crippen molar-refractivity contribution in [2.24, 2.45) is 5.92 Å². The Labute approximate surface area is 142 Å². The largest absolute Gasteiger partial charge is 0.444 e. The molecule has 1 aliphatic rings. The van der Waals surface area contributed by atoms with Crippen LogP contribution in [0.5, 0.6) is 0 Å². The molecule has 1 unspecified atom stereocenters. The van der Waals surface area contributed by atoms with E-state index in [-0.39, 0.29) is 6.03 Å². The number of benzene rings is 1. The quantitative estimate of drug-likeness (QED) is 0.788. The van der Waals surface area contributed by atoms with Crippen LogP contribution in [0.25, 0.3) is 0 Å². The lowest BCUT2D eigenvalue weighted by molar-refractivity contribution is 0.0636. The van der Waals surface area contributed by atoms with Gasteiger partial charge in [-0.2, -0.15) is 0 Å². The van der Waals surface area contributed by atoms with Crippen molar-refractivity contribution in [3.8, 4) is 0 Å². The molecule has 7 nitrogen and oxygen atoms in total. The second kappa shape index (κ2) is 8.01. The Morgan fingerprint density at radius 3 is 2.33 bits per heavy atom. The third kappa shape index (κ3) is 6.45. The standard InChI is InChI=1S/C17H25N3O4/c1-17(2,3)24-16(22)20-14-6-4-13(5-7-14)19-15(21)18-10-12-8-9-23-11-12/h4-7,12H,8-11H2,1-3H3,(H,20,22)(H2,18,19,21). The molecule has 1 aromatic rings. The molecule has 132 valence electrons. The first-order chi connectivity index (χ1) is 11.3. The van der Waals surface area contributed by atoms with E-state index >= 15 is 0 Å². The van der Waals surface area contributed by atoms with Gasteiger partial charge in [-0.05, 0) is 51.5 Å². The summed E-state index contributed by atoms with van der Waals surface area (Å²) in [4.78, 5) is 23.5. The lowest BCUT2D eigenvalue weighted by Crippen LogP contribution is -2.33. The van der Waals surface area contributed by atoms with Gasteiger partial charge in [0.05, 0.1) is 6.61 Å². The summed E-state index contributed by atoms with van der Waals surface area (Å²) in [6.45, 7) is 7.47. The van der Waals surface area contributed by atoms with Gasteiger partial charge < -0.3 is 20.1 Å². The fourth-order valence-electron chi connectivity index (χ4n) is 2.21. The van der Waals surface area contributed by atoms with Gasteiger partial charge in [0.25, 0.3) is 0 Å². The maximum absolute atomic E-state index is 11.8. The van der Waals surface area contributed by atoms with E-state index in [9.17, 15) is 9.59 Å². The first-order valence-corrected chi connectivity index (χ1v) is 8.04. The van der Waals surface area contributed by atoms with E-state index < -0.39 is 11.7 Å². The van der Waals surface area contributed by atoms with E-state index in [0.717, 1.165) is 13.0 Å². The third-order valence-corrected chi connectivity index (χ3v) is 3.36. The number of ether oxygens (including phenoxy) is 2. The highest BCUT2D eigenvalue weighted by atomic mass is 16.6. The summed E-state index contributed by atoms with van der Waals surface area (Å²) >= 11 is 0. The van der Waals surface area contributed by atoms with Gasteiger partial charge >= 0.3 is 12.1 Å². The highest BCUT2D eigenvalue weighted by molar-refractivity contribution is 5.90. The molecule has 0 spiro atoms. The molecule has 1 fully saturated rings. The molecule has 7 heteroatoms. The Balaban J connectivity index is 1.76. The Morgan fingerprint density at radius 1 is 1.17 bits per heavy atom. The van der Waals surface area contributed by atoms with Gasteiger partial charge in [0.2, 0.25) is 0 Å². The molecule has 3 amide bonds. The highest BCUT2D eigenvalue weighted by Crippen LogP contribution is 2.15. The predicted octanol–water partition coefficient (Wildman–Crippen LogP) is 3.19. The van der Waals surface area contributed by atoms with Crippen LogP contribution < -0.4 is 16.0 Å². The normalized spacial score (nSPS) is 17.2. The molecule has 1 aromatic carbocycles. The molecular weight excluding hydrogens is 310 g/mol. The Morgan fingerprint density at radius 2 is 1.79 bits per heavy atom. The molecule has 3 N–H and O–H groups in total. The minimum Gasteiger partial charge on any atom is -0.444 e. The van der Waals surface area contributed by atoms with Gasteiger partial charge in [0.15, 0.2) is 0 Å². The molecular formula is C17H25N3O4. The van der Waals surface area contributed by atoms with E-state index in [1.807, 2.05) is 0 Å². The Hall–Kier alpha value is -2.28. The molecule has 24 heavy (non-hydrogen) atoms. The summed E-state index contributed by atoms with van der Waals surface area (Å²) in [6, 6.07) is 6.57.